The van der Waals surface area contributed by atoms with Crippen LogP contribution in [-0.4, -0.2) is 55.4 Å². The fourth-order valence-corrected chi connectivity index (χ4v) is 2.42. The van der Waals surface area contributed by atoms with Gasteiger partial charge in [0.1, 0.15) is 6.10 Å². The molecule has 2 rings (SSSR count). The van der Waals surface area contributed by atoms with Crippen LogP contribution in [0.25, 0.3) is 0 Å². The van der Waals surface area contributed by atoms with Crippen LogP contribution >= 0.6 is 0 Å². The van der Waals surface area contributed by atoms with Crippen molar-refractivity contribution in [3.63, 3.8) is 0 Å². The molecule has 1 fully saturated rings. The Labute approximate surface area is 125 Å². The summed E-state index contributed by atoms with van der Waals surface area (Å²) in [6.07, 6.45) is 0.506. The highest BCUT2D eigenvalue weighted by Gasteiger charge is 2.26. The molecule has 0 bridgehead atoms. The highest BCUT2D eigenvalue weighted by atomic mass is 16.5. The van der Waals surface area contributed by atoms with Gasteiger partial charge in [-0.05, 0) is 24.6 Å². The Kier molecular flexibility index (Phi) is 5.73. The molecule has 1 aliphatic rings. The average Bonchev–Trinajstić information content (AvgIpc) is 2.52. The van der Waals surface area contributed by atoms with Crippen LogP contribution < -0.4 is 5.32 Å². The zero-order valence-corrected chi connectivity index (χ0v) is 12.7. The number of aliphatic hydroxyl groups is 1. The molecule has 5 nitrogen and oxygen atoms in total. The number of morpholine rings is 1. The summed E-state index contributed by atoms with van der Waals surface area (Å²) in [6, 6.07) is 7.56. The van der Waals surface area contributed by atoms with Gasteiger partial charge in [-0.25, -0.2) is 0 Å². The molecule has 0 spiro atoms. The molecule has 5 heteroatoms. The average molecular weight is 292 g/mol. The molecule has 2 atom stereocenters. The number of amides is 1. The number of hydrogen-bond acceptors (Lipinski definition) is 4. The quantitative estimate of drug-likeness (QED) is 0.840. The van der Waals surface area contributed by atoms with Crippen LogP contribution in [-0.2, 0) is 16.0 Å². The van der Waals surface area contributed by atoms with Crippen molar-refractivity contribution >= 4 is 5.91 Å². The van der Waals surface area contributed by atoms with Crippen LogP contribution in [0.1, 0.15) is 24.1 Å². The van der Waals surface area contributed by atoms with Gasteiger partial charge < -0.3 is 20.1 Å². The van der Waals surface area contributed by atoms with Gasteiger partial charge in [-0.3, -0.25) is 4.79 Å². The van der Waals surface area contributed by atoms with Crippen molar-refractivity contribution in [3.8, 4) is 0 Å². The number of likely N-dealkylation sites (N-methyl/N-ethyl adjacent to an activating group) is 1. The zero-order valence-electron chi connectivity index (χ0n) is 12.7. The molecule has 1 amide bonds. The Morgan fingerprint density at radius 3 is 2.76 bits per heavy atom. The summed E-state index contributed by atoms with van der Waals surface area (Å²) >= 11 is 0. The van der Waals surface area contributed by atoms with Crippen LogP contribution in [0.2, 0.25) is 0 Å². The predicted molar refractivity (Wildman–Crippen MR) is 81.0 cm³/mol. The summed E-state index contributed by atoms with van der Waals surface area (Å²) in [4.78, 5) is 14.3. The van der Waals surface area contributed by atoms with Gasteiger partial charge in [0.05, 0.1) is 19.3 Å². The van der Waals surface area contributed by atoms with E-state index in [4.69, 9.17) is 4.74 Å². The monoisotopic (exact) mass is 292 g/mol. The molecule has 0 aliphatic carbocycles. The topological polar surface area (TPSA) is 61.8 Å². The van der Waals surface area contributed by atoms with Gasteiger partial charge in [-0.1, -0.05) is 31.2 Å². The van der Waals surface area contributed by atoms with Gasteiger partial charge in [-0.15, -0.1) is 0 Å². The standard InChI is InChI=1S/C16H24N2O3/c1-3-12-4-6-13(7-5-12)14(11-19)17-16(20)15-10-18(2)8-9-21-15/h4-7,14-15,19H,3,8-11H2,1-2H3,(H,17,20). The van der Waals surface area contributed by atoms with Crippen molar-refractivity contribution in [3.05, 3.63) is 35.4 Å². The minimum Gasteiger partial charge on any atom is -0.394 e. The maximum Gasteiger partial charge on any atom is 0.251 e. The molecule has 0 radical (unpaired) electrons. The first kappa shape index (κ1) is 15.9. The van der Waals surface area contributed by atoms with Crippen LogP contribution in [0.3, 0.4) is 0 Å². The first-order chi connectivity index (χ1) is 10.1. The van der Waals surface area contributed by atoms with E-state index in [1.54, 1.807) is 0 Å². The van der Waals surface area contributed by atoms with E-state index in [0.717, 1.165) is 18.5 Å². The Hall–Kier alpha value is -1.43. The number of carbonyl (C=O) groups excluding carboxylic acids is 1. The van der Waals surface area contributed by atoms with Gasteiger partial charge in [0, 0.05) is 13.1 Å². The molecule has 1 aromatic rings. The molecule has 1 heterocycles. The van der Waals surface area contributed by atoms with E-state index in [1.807, 2.05) is 31.3 Å². The molecular weight excluding hydrogens is 268 g/mol. The number of aryl methyl sites for hydroxylation is 1. The first-order valence-corrected chi connectivity index (χ1v) is 7.44. The van der Waals surface area contributed by atoms with Crippen LogP contribution in [0.5, 0.6) is 0 Å². The second-order valence-corrected chi connectivity index (χ2v) is 5.46. The largest absolute Gasteiger partial charge is 0.394 e. The third kappa shape index (κ3) is 4.27. The number of carbonyl (C=O) groups is 1. The zero-order chi connectivity index (χ0) is 15.2. The molecule has 1 aliphatic heterocycles. The second-order valence-electron chi connectivity index (χ2n) is 5.46. The van der Waals surface area contributed by atoms with E-state index in [-0.39, 0.29) is 18.6 Å². The Morgan fingerprint density at radius 2 is 2.19 bits per heavy atom. The number of nitrogens with zero attached hydrogens (tertiary/aromatic N) is 1. The summed E-state index contributed by atoms with van der Waals surface area (Å²) in [5.74, 6) is -0.167. The smallest absolute Gasteiger partial charge is 0.251 e. The lowest BCUT2D eigenvalue weighted by Crippen LogP contribution is -2.49. The van der Waals surface area contributed by atoms with Crippen molar-refractivity contribution < 1.29 is 14.6 Å². The van der Waals surface area contributed by atoms with Gasteiger partial charge in [-0.2, -0.15) is 0 Å². The highest BCUT2D eigenvalue weighted by Crippen LogP contribution is 2.15. The lowest BCUT2D eigenvalue weighted by Gasteiger charge is -2.30. The van der Waals surface area contributed by atoms with E-state index >= 15 is 0 Å². The fraction of sp³-hybridized carbons (Fsp3) is 0.562. The van der Waals surface area contributed by atoms with Crippen molar-refractivity contribution in [1.82, 2.24) is 10.2 Å². The summed E-state index contributed by atoms with van der Waals surface area (Å²) in [6.45, 7) is 3.95. The van der Waals surface area contributed by atoms with Crippen LogP contribution in [0.15, 0.2) is 24.3 Å². The lowest BCUT2D eigenvalue weighted by molar-refractivity contribution is -0.138. The molecule has 1 aromatic carbocycles. The van der Waals surface area contributed by atoms with Crippen molar-refractivity contribution in [2.45, 2.75) is 25.5 Å². The molecule has 0 saturated carbocycles. The summed E-state index contributed by atoms with van der Waals surface area (Å²) in [5.41, 5.74) is 2.14. The SMILES string of the molecule is CCc1ccc(C(CO)NC(=O)C2CN(C)CCO2)cc1. The number of ether oxygens (including phenoxy) is 1. The van der Waals surface area contributed by atoms with Gasteiger partial charge in [0.2, 0.25) is 0 Å². The Bertz CT molecular complexity index is 461. The van der Waals surface area contributed by atoms with E-state index in [1.165, 1.54) is 5.56 Å². The maximum absolute atomic E-state index is 12.2. The lowest BCUT2D eigenvalue weighted by atomic mass is 10.0. The minimum atomic E-state index is -0.465. The molecule has 116 valence electrons. The number of hydrogen-bond donors (Lipinski definition) is 2. The van der Waals surface area contributed by atoms with E-state index in [0.29, 0.717) is 13.2 Å². The summed E-state index contributed by atoms with van der Waals surface area (Å²) < 4.78 is 5.49. The Morgan fingerprint density at radius 1 is 1.48 bits per heavy atom. The van der Waals surface area contributed by atoms with Crippen molar-refractivity contribution in [2.24, 2.45) is 0 Å². The summed E-state index contributed by atoms with van der Waals surface area (Å²) in [7, 11) is 1.97. The second kappa shape index (κ2) is 7.54. The molecular formula is C16H24N2O3. The molecule has 2 unspecified atom stereocenters. The van der Waals surface area contributed by atoms with Gasteiger partial charge >= 0.3 is 0 Å². The van der Waals surface area contributed by atoms with Crippen molar-refractivity contribution in [2.75, 3.05) is 33.4 Å². The van der Waals surface area contributed by atoms with Crippen LogP contribution in [0, 0.1) is 0 Å². The fourth-order valence-electron chi connectivity index (χ4n) is 2.42. The number of rotatable bonds is 5. The minimum absolute atomic E-state index is 0.125. The number of nitrogens with one attached hydrogen (secondary N) is 1. The third-order valence-corrected chi connectivity index (χ3v) is 3.85. The molecule has 1 saturated heterocycles. The number of aliphatic hydroxyl groups excluding tert-OH is 1. The molecule has 21 heavy (non-hydrogen) atoms. The highest BCUT2D eigenvalue weighted by molar-refractivity contribution is 5.81. The van der Waals surface area contributed by atoms with Gasteiger partial charge in [0.15, 0.2) is 0 Å². The molecule has 2 N–H and O–H groups in total. The summed E-state index contributed by atoms with van der Waals surface area (Å²) in [5, 5.41) is 12.4. The maximum atomic E-state index is 12.2. The van der Waals surface area contributed by atoms with Crippen molar-refractivity contribution in [1.29, 1.82) is 0 Å². The normalized spacial score (nSPS) is 21.0. The van der Waals surface area contributed by atoms with Gasteiger partial charge in [0.25, 0.3) is 5.91 Å². The third-order valence-electron chi connectivity index (χ3n) is 3.85. The Balaban J connectivity index is 1.98. The van der Waals surface area contributed by atoms with E-state index in [2.05, 4.69) is 17.1 Å². The van der Waals surface area contributed by atoms with E-state index < -0.39 is 6.10 Å². The van der Waals surface area contributed by atoms with E-state index in [9.17, 15) is 9.90 Å². The predicted octanol–water partition coefficient (Wildman–Crippen LogP) is 0.729. The van der Waals surface area contributed by atoms with Crippen LogP contribution in [0.4, 0.5) is 0 Å². The molecule has 0 aromatic heterocycles. The first-order valence-electron chi connectivity index (χ1n) is 7.44. The number of benzene rings is 1.